The third kappa shape index (κ3) is 16.7. The van der Waals surface area contributed by atoms with E-state index in [2.05, 4.69) is 56.6 Å². The molecule has 0 saturated carbocycles. The van der Waals surface area contributed by atoms with Gasteiger partial charge in [-0.2, -0.15) is 11.8 Å². The number of allylic oxidation sites excluding steroid dienone is 5. The fourth-order valence-electron chi connectivity index (χ4n) is 2.83. The van der Waals surface area contributed by atoms with Gasteiger partial charge in [0.2, 0.25) is 18.2 Å². The van der Waals surface area contributed by atoms with E-state index in [0.29, 0.717) is 12.2 Å². The molecule has 8 nitrogen and oxygen atoms in total. The molecule has 33 heavy (non-hydrogen) atoms. The maximum Gasteiger partial charge on any atom is 0.327 e. The van der Waals surface area contributed by atoms with Crippen LogP contribution < -0.4 is 16.4 Å². The summed E-state index contributed by atoms with van der Waals surface area (Å²) >= 11 is 1.42. The minimum atomic E-state index is -1.12. The van der Waals surface area contributed by atoms with Crippen molar-refractivity contribution < 1.29 is 24.3 Å². The summed E-state index contributed by atoms with van der Waals surface area (Å²) in [7, 11) is 0. The van der Waals surface area contributed by atoms with Gasteiger partial charge in [-0.25, -0.2) is 4.79 Å². The van der Waals surface area contributed by atoms with Crippen LogP contribution in [0.4, 0.5) is 0 Å². The molecule has 0 radical (unpaired) electrons. The van der Waals surface area contributed by atoms with Crippen LogP contribution in [0.15, 0.2) is 34.9 Å². The van der Waals surface area contributed by atoms with Crippen molar-refractivity contribution in [2.75, 3.05) is 11.5 Å². The van der Waals surface area contributed by atoms with Crippen molar-refractivity contribution in [1.82, 2.24) is 10.6 Å². The Bertz CT molecular complexity index is 742. The van der Waals surface area contributed by atoms with Gasteiger partial charge in [-0.1, -0.05) is 34.9 Å². The van der Waals surface area contributed by atoms with Crippen molar-refractivity contribution in [3.05, 3.63) is 34.9 Å². The highest BCUT2D eigenvalue weighted by Crippen LogP contribution is 2.13. The third-order valence-electron chi connectivity index (χ3n) is 4.86. The first-order valence-corrected chi connectivity index (χ1v) is 12.3. The number of carboxylic acids is 1. The minimum Gasteiger partial charge on any atom is -0.480 e. The fourth-order valence-corrected chi connectivity index (χ4v) is 3.83. The monoisotopic (exact) mass is 481 g/mol. The van der Waals surface area contributed by atoms with Gasteiger partial charge in [-0.15, -0.1) is 0 Å². The number of nitrogens with one attached hydrogen (secondary N) is 2. The number of amides is 3. The molecule has 0 saturated heterocycles. The van der Waals surface area contributed by atoms with E-state index < -0.39 is 29.9 Å². The predicted molar refractivity (Wildman–Crippen MR) is 134 cm³/mol. The van der Waals surface area contributed by atoms with Crippen molar-refractivity contribution in [2.24, 2.45) is 5.73 Å². The van der Waals surface area contributed by atoms with Gasteiger partial charge >= 0.3 is 5.97 Å². The zero-order valence-electron chi connectivity index (χ0n) is 20.2. The van der Waals surface area contributed by atoms with Crippen molar-refractivity contribution in [3.8, 4) is 0 Å². The van der Waals surface area contributed by atoms with Crippen LogP contribution in [-0.4, -0.2) is 52.9 Å². The van der Waals surface area contributed by atoms with Crippen molar-refractivity contribution >= 4 is 36.0 Å². The summed E-state index contributed by atoms with van der Waals surface area (Å²) in [6.45, 7) is 8.43. The van der Waals surface area contributed by atoms with Crippen LogP contribution in [-0.2, 0) is 19.2 Å². The van der Waals surface area contributed by atoms with E-state index in [0.717, 1.165) is 25.7 Å². The molecule has 0 aliphatic rings. The van der Waals surface area contributed by atoms with E-state index in [4.69, 9.17) is 5.73 Å². The summed E-state index contributed by atoms with van der Waals surface area (Å²) in [4.78, 5) is 45.1. The standard InChI is InChI=1S/C24H39N3O5S/c1-17(2)7-5-8-18(3)9-6-10-19(4)13-14-33-15-21(24(31)32)27-22(29)12-11-20(23(25)30)26-16-28/h7,9,13,16,20-21H,5-6,8,10-12,14-15H2,1-4H3,(H2,25,30)(H,26,28)(H,27,29)(H,31,32)/b18-9+,19-13+. The molecule has 0 bridgehead atoms. The highest BCUT2D eigenvalue weighted by Gasteiger charge is 2.21. The number of carboxylic acid groups (broad SMARTS) is 1. The minimum absolute atomic E-state index is 0.00415. The Morgan fingerprint density at radius 3 is 2.09 bits per heavy atom. The van der Waals surface area contributed by atoms with Gasteiger partial charge in [0.25, 0.3) is 0 Å². The Morgan fingerprint density at radius 2 is 1.55 bits per heavy atom. The second kappa shape index (κ2) is 17.9. The van der Waals surface area contributed by atoms with Gasteiger partial charge in [-0.3, -0.25) is 14.4 Å². The second-order valence-corrected chi connectivity index (χ2v) is 9.31. The summed E-state index contributed by atoms with van der Waals surface area (Å²) in [5.74, 6) is -1.51. The van der Waals surface area contributed by atoms with Crippen LogP contribution in [0.3, 0.4) is 0 Å². The normalized spacial score (nSPS) is 13.6. The number of carbonyl (C=O) groups excluding carboxylic acids is 3. The Morgan fingerprint density at radius 1 is 0.939 bits per heavy atom. The lowest BCUT2D eigenvalue weighted by molar-refractivity contribution is -0.141. The Kier molecular flexibility index (Phi) is 16.6. The third-order valence-corrected chi connectivity index (χ3v) is 5.83. The number of nitrogens with two attached hydrogens (primary N) is 1. The summed E-state index contributed by atoms with van der Waals surface area (Å²) in [6.07, 6.45) is 10.9. The van der Waals surface area contributed by atoms with E-state index in [-0.39, 0.29) is 18.6 Å². The Labute approximate surface area is 201 Å². The number of aliphatic carboxylic acids is 1. The molecule has 5 N–H and O–H groups in total. The Hall–Kier alpha value is -2.55. The van der Waals surface area contributed by atoms with Gasteiger partial charge in [0.15, 0.2) is 0 Å². The quantitative estimate of drug-likeness (QED) is 0.135. The lowest BCUT2D eigenvalue weighted by atomic mass is 10.1. The van der Waals surface area contributed by atoms with Crippen molar-refractivity contribution in [2.45, 2.75) is 78.3 Å². The molecule has 2 atom stereocenters. The highest BCUT2D eigenvalue weighted by atomic mass is 32.2. The number of primary amides is 1. The molecule has 0 aliphatic heterocycles. The molecule has 3 amide bonds. The number of hydrogen-bond acceptors (Lipinski definition) is 5. The van der Waals surface area contributed by atoms with Crippen LogP contribution in [0.2, 0.25) is 0 Å². The maximum absolute atomic E-state index is 12.0. The average Bonchev–Trinajstić information content (AvgIpc) is 2.72. The van der Waals surface area contributed by atoms with Gasteiger partial charge in [0.05, 0.1) is 0 Å². The Balaban J connectivity index is 4.36. The topological polar surface area (TPSA) is 139 Å². The van der Waals surface area contributed by atoms with E-state index in [1.807, 2.05) is 0 Å². The van der Waals surface area contributed by atoms with E-state index >= 15 is 0 Å². The molecule has 0 aromatic carbocycles. The maximum atomic E-state index is 12.0. The molecule has 0 heterocycles. The van der Waals surface area contributed by atoms with Gasteiger partial charge in [-0.05, 0) is 59.8 Å². The van der Waals surface area contributed by atoms with Crippen LogP contribution >= 0.6 is 11.8 Å². The molecular formula is C24H39N3O5S. The van der Waals surface area contributed by atoms with Crippen LogP contribution in [0.1, 0.15) is 66.2 Å². The smallest absolute Gasteiger partial charge is 0.327 e. The molecule has 0 rings (SSSR count). The number of rotatable bonds is 18. The molecule has 9 heteroatoms. The molecule has 0 aromatic heterocycles. The summed E-state index contributed by atoms with van der Waals surface area (Å²) in [5, 5.41) is 14.0. The molecule has 2 unspecified atom stereocenters. The first-order valence-electron chi connectivity index (χ1n) is 11.1. The van der Waals surface area contributed by atoms with Crippen molar-refractivity contribution in [3.63, 3.8) is 0 Å². The fraction of sp³-hybridized carbons (Fsp3) is 0.583. The molecular weight excluding hydrogens is 442 g/mol. The summed E-state index contributed by atoms with van der Waals surface area (Å²) < 4.78 is 0. The van der Waals surface area contributed by atoms with E-state index in [9.17, 15) is 24.3 Å². The molecule has 186 valence electrons. The van der Waals surface area contributed by atoms with Gasteiger partial charge in [0.1, 0.15) is 12.1 Å². The summed E-state index contributed by atoms with van der Waals surface area (Å²) in [5.41, 5.74) is 9.11. The number of thioether (sulfide) groups is 1. The lowest BCUT2D eigenvalue weighted by Crippen LogP contribution is -2.44. The van der Waals surface area contributed by atoms with Crippen molar-refractivity contribution in [1.29, 1.82) is 0 Å². The SMILES string of the molecule is CC(C)=CCC/C(C)=C/CC/C(C)=C/CSCC(NC(=O)CCC(NC=O)C(N)=O)C(=O)O. The largest absolute Gasteiger partial charge is 0.480 e. The van der Waals surface area contributed by atoms with Crippen LogP contribution in [0.5, 0.6) is 0 Å². The van der Waals surface area contributed by atoms with Crippen LogP contribution in [0.25, 0.3) is 0 Å². The van der Waals surface area contributed by atoms with Gasteiger partial charge < -0.3 is 21.5 Å². The number of hydrogen-bond donors (Lipinski definition) is 4. The molecule has 0 spiro atoms. The van der Waals surface area contributed by atoms with Gasteiger partial charge in [0, 0.05) is 17.9 Å². The van der Waals surface area contributed by atoms with E-state index in [1.54, 1.807) is 0 Å². The zero-order chi connectivity index (χ0) is 25.2. The predicted octanol–water partition coefficient (Wildman–Crippen LogP) is 3.09. The molecule has 0 aliphatic carbocycles. The lowest BCUT2D eigenvalue weighted by Gasteiger charge is -2.15. The van der Waals surface area contributed by atoms with E-state index in [1.165, 1.54) is 28.5 Å². The molecule has 0 fully saturated rings. The summed E-state index contributed by atoms with van der Waals surface area (Å²) in [6, 6.07) is -2.00. The first kappa shape index (κ1) is 30.4. The first-order chi connectivity index (χ1) is 15.6. The number of carbonyl (C=O) groups is 4. The highest BCUT2D eigenvalue weighted by molar-refractivity contribution is 7.99. The zero-order valence-corrected chi connectivity index (χ0v) is 21.0. The average molecular weight is 482 g/mol. The van der Waals surface area contributed by atoms with Crippen LogP contribution in [0, 0.1) is 0 Å². The molecule has 0 aromatic rings. The second-order valence-electron chi connectivity index (χ2n) is 8.23.